The number of carbonyl (C=O) groups is 1. The summed E-state index contributed by atoms with van der Waals surface area (Å²) in [5.74, 6) is 1.10. The van der Waals surface area contributed by atoms with Crippen molar-refractivity contribution in [2.75, 3.05) is 40.4 Å². The second-order valence-electron chi connectivity index (χ2n) is 4.38. The molecule has 0 aliphatic carbocycles. The number of ether oxygens (including phenoxy) is 2. The highest BCUT2D eigenvalue weighted by Gasteiger charge is 2.09. The minimum atomic E-state index is -0.116. The van der Waals surface area contributed by atoms with Crippen molar-refractivity contribution in [3.8, 4) is 11.5 Å². The molecule has 1 rings (SSSR count). The van der Waals surface area contributed by atoms with Crippen LogP contribution in [0.15, 0.2) is 18.2 Å². The van der Waals surface area contributed by atoms with Crippen molar-refractivity contribution >= 4 is 5.91 Å². The van der Waals surface area contributed by atoms with Crippen LogP contribution in [0.2, 0.25) is 0 Å². The van der Waals surface area contributed by atoms with E-state index in [0.29, 0.717) is 23.6 Å². The number of likely N-dealkylation sites (N-methyl/N-ethyl adjacent to an activating group) is 1. The average molecular weight is 280 g/mol. The molecule has 5 nitrogen and oxygen atoms in total. The second-order valence-corrected chi connectivity index (χ2v) is 4.38. The smallest absolute Gasteiger partial charge is 0.251 e. The number of nitrogens with one attached hydrogen (secondary N) is 1. The minimum absolute atomic E-state index is 0.116. The van der Waals surface area contributed by atoms with Gasteiger partial charge in [0.2, 0.25) is 0 Å². The molecule has 0 saturated heterocycles. The fraction of sp³-hybridized carbons (Fsp3) is 0.533. The third-order valence-electron chi connectivity index (χ3n) is 3.22. The number of nitrogens with zero attached hydrogens (tertiary/aromatic N) is 1. The van der Waals surface area contributed by atoms with Crippen molar-refractivity contribution in [1.29, 1.82) is 0 Å². The molecule has 0 spiro atoms. The fourth-order valence-electron chi connectivity index (χ4n) is 1.91. The van der Waals surface area contributed by atoms with Crippen LogP contribution in [0, 0.1) is 0 Å². The first-order valence-corrected chi connectivity index (χ1v) is 6.88. The molecule has 0 unspecified atom stereocenters. The molecule has 0 radical (unpaired) electrons. The molecule has 0 saturated carbocycles. The highest BCUT2D eigenvalue weighted by molar-refractivity contribution is 5.95. The molecule has 1 amide bonds. The zero-order valence-electron chi connectivity index (χ0n) is 12.7. The van der Waals surface area contributed by atoms with E-state index in [4.69, 9.17) is 9.47 Å². The molecule has 112 valence electrons. The number of hydrogen-bond acceptors (Lipinski definition) is 4. The van der Waals surface area contributed by atoms with Gasteiger partial charge >= 0.3 is 0 Å². The van der Waals surface area contributed by atoms with E-state index in [1.54, 1.807) is 32.4 Å². The van der Waals surface area contributed by atoms with Gasteiger partial charge in [0.05, 0.1) is 14.2 Å². The van der Waals surface area contributed by atoms with Gasteiger partial charge in [0, 0.05) is 24.7 Å². The predicted molar refractivity (Wildman–Crippen MR) is 79.7 cm³/mol. The van der Waals surface area contributed by atoms with E-state index in [1.165, 1.54) is 0 Å². The van der Waals surface area contributed by atoms with E-state index in [1.807, 2.05) is 0 Å². The van der Waals surface area contributed by atoms with Gasteiger partial charge in [-0.15, -0.1) is 0 Å². The van der Waals surface area contributed by atoms with Crippen LogP contribution in [-0.4, -0.2) is 51.2 Å². The molecular formula is C15H24N2O3. The van der Waals surface area contributed by atoms with E-state index in [9.17, 15) is 4.79 Å². The minimum Gasteiger partial charge on any atom is -0.497 e. The number of methoxy groups -OCH3 is 2. The maximum atomic E-state index is 12.1. The first kappa shape index (κ1) is 16.3. The Kier molecular flexibility index (Phi) is 6.87. The summed E-state index contributed by atoms with van der Waals surface area (Å²) in [6.45, 7) is 7.66. The number of hydrogen-bond donors (Lipinski definition) is 1. The van der Waals surface area contributed by atoms with Crippen molar-refractivity contribution < 1.29 is 14.3 Å². The summed E-state index contributed by atoms with van der Waals surface area (Å²) >= 11 is 0. The molecule has 5 heteroatoms. The van der Waals surface area contributed by atoms with Crippen LogP contribution in [0.3, 0.4) is 0 Å². The van der Waals surface area contributed by atoms with E-state index < -0.39 is 0 Å². The Bertz CT molecular complexity index is 409. The zero-order chi connectivity index (χ0) is 15.0. The van der Waals surface area contributed by atoms with Gasteiger partial charge in [0.15, 0.2) is 0 Å². The maximum Gasteiger partial charge on any atom is 0.251 e. The van der Waals surface area contributed by atoms with Crippen molar-refractivity contribution in [3.63, 3.8) is 0 Å². The molecule has 0 bridgehead atoms. The van der Waals surface area contributed by atoms with Gasteiger partial charge in [-0.25, -0.2) is 0 Å². The molecule has 0 aromatic heterocycles. The van der Waals surface area contributed by atoms with E-state index in [-0.39, 0.29) is 5.91 Å². The van der Waals surface area contributed by atoms with E-state index >= 15 is 0 Å². The normalized spacial score (nSPS) is 10.4. The Morgan fingerprint density at radius 2 is 1.65 bits per heavy atom. The molecule has 1 aromatic rings. The number of carbonyl (C=O) groups excluding carboxylic acids is 1. The van der Waals surface area contributed by atoms with Crippen LogP contribution in [0.5, 0.6) is 11.5 Å². The molecule has 0 heterocycles. The second kappa shape index (κ2) is 8.43. The van der Waals surface area contributed by atoms with Crippen LogP contribution in [0.4, 0.5) is 0 Å². The van der Waals surface area contributed by atoms with Crippen LogP contribution in [0.25, 0.3) is 0 Å². The van der Waals surface area contributed by atoms with Gasteiger partial charge in [0.25, 0.3) is 5.91 Å². The summed E-state index contributed by atoms with van der Waals surface area (Å²) in [4.78, 5) is 14.4. The zero-order valence-corrected chi connectivity index (χ0v) is 12.7. The Morgan fingerprint density at radius 3 is 2.10 bits per heavy atom. The molecule has 0 atom stereocenters. The van der Waals surface area contributed by atoms with Crippen molar-refractivity contribution in [3.05, 3.63) is 23.8 Å². The van der Waals surface area contributed by atoms with Gasteiger partial charge in [-0.3, -0.25) is 4.79 Å². The van der Waals surface area contributed by atoms with Gasteiger partial charge in [-0.05, 0) is 25.2 Å². The van der Waals surface area contributed by atoms with E-state index in [2.05, 4.69) is 24.1 Å². The van der Waals surface area contributed by atoms with E-state index in [0.717, 1.165) is 19.6 Å². The molecule has 20 heavy (non-hydrogen) atoms. The topological polar surface area (TPSA) is 50.8 Å². The third kappa shape index (κ3) is 4.74. The molecule has 0 fully saturated rings. The third-order valence-corrected chi connectivity index (χ3v) is 3.22. The number of amides is 1. The maximum absolute atomic E-state index is 12.1. The van der Waals surface area contributed by atoms with Gasteiger partial charge in [-0.1, -0.05) is 13.8 Å². The summed E-state index contributed by atoms with van der Waals surface area (Å²) in [5.41, 5.74) is 0.542. The van der Waals surface area contributed by atoms with Gasteiger partial charge in [0.1, 0.15) is 11.5 Å². The highest BCUT2D eigenvalue weighted by atomic mass is 16.5. The summed E-state index contributed by atoms with van der Waals surface area (Å²) in [6.07, 6.45) is 0. The molecule has 1 N–H and O–H groups in total. The summed E-state index contributed by atoms with van der Waals surface area (Å²) < 4.78 is 10.3. The molecule has 0 aliphatic heterocycles. The molecule has 0 aliphatic rings. The van der Waals surface area contributed by atoms with Crippen LogP contribution in [-0.2, 0) is 0 Å². The van der Waals surface area contributed by atoms with Crippen LogP contribution in [0.1, 0.15) is 24.2 Å². The van der Waals surface area contributed by atoms with Gasteiger partial charge < -0.3 is 19.7 Å². The molecular weight excluding hydrogens is 256 g/mol. The highest BCUT2D eigenvalue weighted by Crippen LogP contribution is 2.22. The standard InChI is InChI=1S/C15H24N2O3/c1-5-17(6-2)8-7-16-15(18)12-9-13(19-3)11-14(10-12)20-4/h9-11H,5-8H2,1-4H3,(H,16,18). The first-order chi connectivity index (χ1) is 9.64. The lowest BCUT2D eigenvalue weighted by atomic mass is 10.2. The summed E-state index contributed by atoms with van der Waals surface area (Å²) in [5, 5.41) is 2.91. The Labute approximate surface area is 120 Å². The lowest BCUT2D eigenvalue weighted by Gasteiger charge is -2.18. The summed E-state index contributed by atoms with van der Waals surface area (Å²) in [7, 11) is 3.13. The van der Waals surface area contributed by atoms with Gasteiger partial charge in [-0.2, -0.15) is 0 Å². The van der Waals surface area contributed by atoms with Crippen molar-refractivity contribution in [1.82, 2.24) is 10.2 Å². The van der Waals surface area contributed by atoms with Crippen LogP contribution >= 0.6 is 0 Å². The van der Waals surface area contributed by atoms with Crippen molar-refractivity contribution in [2.24, 2.45) is 0 Å². The summed E-state index contributed by atoms with van der Waals surface area (Å²) in [6, 6.07) is 5.15. The largest absolute Gasteiger partial charge is 0.497 e. The van der Waals surface area contributed by atoms with Crippen LogP contribution < -0.4 is 14.8 Å². The first-order valence-electron chi connectivity index (χ1n) is 6.88. The van der Waals surface area contributed by atoms with Crippen molar-refractivity contribution in [2.45, 2.75) is 13.8 Å². The quantitative estimate of drug-likeness (QED) is 0.788. The monoisotopic (exact) mass is 280 g/mol. The Balaban J connectivity index is 2.63. The molecule has 1 aromatic carbocycles. The Hall–Kier alpha value is -1.75. The Morgan fingerprint density at radius 1 is 1.10 bits per heavy atom. The lowest BCUT2D eigenvalue weighted by molar-refractivity contribution is 0.0948. The number of rotatable bonds is 8. The number of benzene rings is 1. The average Bonchev–Trinajstić information content (AvgIpc) is 2.50. The SMILES string of the molecule is CCN(CC)CCNC(=O)c1cc(OC)cc(OC)c1. The lowest BCUT2D eigenvalue weighted by Crippen LogP contribution is -2.34. The fourth-order valence-corrected chi connectivity index (χ4v) is 1.91. The predicted octanol–water partition coefficient (Wildman–Crippen LogP) is 1.78.